The molecular formula is C29H29NO5. The van der Waals surface area contributed by atoms with Gasteiger partial charge in [0.1, 0.15) is 11.5 Å². The molecular weight excluding hydrogens is 442 g/mol. The molecule has 0 spiro atoms. The predicted molar refractivity (Wildman–Crippen MR) is 134 cm³/mol. The highest BCUT2D eigenvalue weighted by Crippen LogP contribution is 2.27. The van der Waals surface area contributed by atoms with Gasteiger partial charge in [-0.25, -0.2) is 9.78 Å². The number of aromatic nitrogens is 1. The zero-order valence-electron chi connectivity index (χ0n) is 19.9. The largest absolute Gasteiger partial charge is 0.482 e. The molecule has 0 radical (unpaired) electrons. The van der Waals surface area contributed by atoms with E-state index in [0.717, 1.165) is 34.6 Å². The number of aliphatic carboxylic acids is 1. The van der Waals surface area contributed by atoms with Crippen LogP contribution in [0.3, 0.4) is 0 Å². The molecule has 4 rings (SSSR count). The highest BCUT2D eigenvalue weighted by Gasteiger charge is 2.14. The molecule has 180 valence electrons. The molecule has 1 atom stereocenters. The van der Waals surface area contributed by atoms with Crippen LogP contribution in [-0.2, 0) is 16.0 Å². The molecule has 0 fully saturated rings. The molecule has 1 unspecified atom stereocenters. The van der Waals surface area contributed by atoms with Gasteiger partial charge in [0.05, 0.1) is 18.4 Å². The van der Waals surface area contributed by atoms with Gasteiger partial charge >= 0.3 is 5.97 Å². The molecule has 6 heteroatoms. The number of hydrogen-bond donors (Lipinski definition) is 1. The van der Waals surface area contributed by atoms with Crippen molar-refractivity contribution >= 4 is 5.97 Å². The quantitative estimate of drug-likeness (QED) is 0.269. The van der Waals surface area contributed by atoms with Crippen molar-refractivity contribution in [3.05, 3.63) is 95.9 Å². The Morgan fingerprint density at radius 3 is 2.26 bits per heavy atom. The predicted octanol–water partition coefficient (Wildman–Crippen LogP) is 6.49. The smallest absolute Gasteiger partial charge is 0.341 e. The fraction of sp³-hybridized carbons (Fsp3) is 0.241. The van der Waals surface area contributed by atoms with Crippen molar-refractivity contribution in [1.82, 2.24) is 4.98 Å². The Morgan fingerprint density at radius 1 is 0.943 bits per heavy atom. The normalized spacial score (nSPS) is 11.8. The third-order valence-electron chi connectivity index (χ3n) is 5.77. The topological polar surface area (TPSA) is 81.8 Å². The maximum atomic E-state index is 10.6. The molecule has 1 aromatic heterocycles. The van der Waals surface area contributed by atoms with E-state index in [2.05, 4.69) is 31.2 Å². The van der Waals surface area contributed by atoms with E-state index in [-0.39, 0.29) is 12.7 Å². The number of rotatable bonds is 11. The fourth-order valence-corrected chi connectivity index (χ4v) is 3.89. The van der Waals surface area contributed by atoms with Crippen LogP contribution in [0.1, 0.15) is 36.5 Å². The number of oxazole rings is 1. The Balaban J connectivity index is 1.34. The number of carboxylic acid groups (broad SMARTS) is 1. The minimum absolute atomic E-state index is 0.0688. The average molecular weight is 472 g/mol. The maximum Gasteiger partial charge on any atom is 0.341 e. The summed E-state index contributed by atoms with van der Waals surface area (Å²) in [6.07, 6.45) is 1.39. The van der Waals surface area contributed by atoms with E-state index in [4.69, 9.17) is 24.0 Å². The van der Waals surface area contributed by atoms with Gasteiger partial charge in [-0.3, -0.25) is 0 Å². The molecule has 1 N–H and O–H groups in total. The van der Waals surface area contributed by atoms with E-state index < -0.39 is 5.97 Å². The zero-order valence-corrected chi connectivity index (χ0v) is 19.9. The molecule has 0 aliphatic rings. The summed E-state index contributed by atoms with van der Waals surface area (Å²) in [5.74, 6) is 0.928. The van der Waals surface area contributed by atoms with Crippen LogP contribution >= 0.6 is 0 Å². The van der Waals surface area contributed by atoms with Crippen LogP contribution in [0.2, 0.25) is 0 Å². The van der Waals surface area contributed by atoms with E-state index in [1.807, 2.05) is 49.4 Å². The summed E-state index contributed by atoms with van der Waals surface area (Å²) >= 11 is 0. The van der Waals surface area contributed by atoms with Gasteiger partial charge in [-0.2, -0.15) is 0 Å². The fourth-order valence-electron chi connectivity index (χ4n) is 3.89. The lowest BCUT2D eigenvalue weighted by Crippen LogP contribution is -2.10. The first kappa shape index (κ1) is 24.2. The molecule has 1 heterocycles. The minimum Gasteiger partial charge on any atom is -0.482 e. The van der Waals surface area contributed by atoms with Crippen LogP contribution in [-0.4, -0.2) is 29.3 Å². The van der Waals surface area contributed by atoms with E-state index in [1.54, 1.807) is 12.1 Å². The van der Waals surface area contributed by atoms with Crippen LogP contribution in [0.5, 0.6) is 5.75 Å². The van der Waals surface area contributed by atoms with Crippen molar-refractivity contribution < 1.29 is 23.8 Å². The number of carbonyl (C=O) groups is 1. The summed E-state index contributed by atoms with van der Waals surface area (Å²) in [7, 11) is 0. The highest BCUT2D eigenvalue weighted by molar-refractivity contribution is 5.68. The number of nitrogens with zero attached hydrogens (tertiary/aromatic N) is 1. The molecule has 0 aliphatic carbocycles. The molecule has 6 nitrogen and oxygen atoms in total. The SMILES string of the molecule is CCC(OCCc1nc(-c2ccc(-c3ccccc3)cc2)oc1C)c1ccc(OCC(=O)O)cc1. The van der Waals surface area contributed by atoms with E-state index in [9.17, 15) is 4.79 Å². The van der Waals surface area contributed by atoms with Crippen molar-refractivity contribution in [3.63, 3.8) is 0 Å². The molecule has 0 aliphatic heterocycles. The standard InChI is InChI=1S/C29H29NO5/c1-3-27(23-13-15-25(16-14-23)34-19-28(31)32)33-18-17-26-20(2)35-29(30-26)24-11-9-22(10-12-24)21-7-5-4-6-8-21/h4-16,27H,3,17-19H2,1-2H3,(H,31,32). The Labute approximate surface area is 205 Å². The second-order valence-corrected chi connectivity index (χ2v) is 8.23. The Bertz CT molecular complexity index is 1230. The first-order valence-corrected chi connectivity index (χ1v) is 11.7. The van der Waals surface area contributed by atoms with Gasteiger partial charge in [-0.15, -0.1) is 0 Å². The van der Waals surface area contributed by atoms with Crippen molar-refractivity contribution in [2.75, 3.05) is 13.2 Å². The lowest BCUT2D eigenvalue weighted by Gasteiger charge is -2.17. The van der Waals surface area contributed by atoms with E-state index >= 15 is 0 Å². The number of benzene rings is 3. The zero-order chi connectivity index (χ0) is 24.6. The average Bonchev–Trinajstić information content (AvgIpc) is 3.26. The summed E-state index contributed by atoms with van der Waals surface area (Å²) in [5, 5.41) is 8.73. The first-order valence-electron chi connectivity index (χ1n) is 11.7. The monoisotopic (exact) mass is 471 g/mol. The van der Waals surface area contributed by atoms with Crippen LogP contribution < -0.4 is 4.74 Å². The van der Waals surface area contributed by atoms with Crippen LogP contribution in [0.25, 0.3) is 22.6 Å². The van der Waals surface area contributed by atoms with Gasteiger partial charge in [0.2, 0.25) is 5.89 Å². The third-order valence-corrected chi connectivity index (χ3v) is 5.77. The van der Waals surface area contributed by atoms with Gasteiger partial charge in [-0.1, -0.05) is 61.5 Å². The van der Waals surface area contributed by atoms with Crippen molar-refractivity contribution in [3.8, 4) is 28.3 Å². The molecule has 0 amide bonds. The van der Waals surface area contributed by atoms with Gasteiger partial charge in [0.15, 0.2) is 6.61 Å². The Morgan fingerprint density at radius 2 is 1.60 bits per heavy atom. The summed E-state index contributed by atoms with van der Waals surface area (Å²) in [5.41, 5.74) is 5.17. The lowest BCUT2D eigenvalue weighted by molar-refractivity contribution is -0.139. The first-order chi connectivity index (χ1) is 17.0. The summed E-state index contributed by atoms with van der Waals surface area (Å²) < 4.78 is 17.3. The molecule has 0 saturated carbocycles. The highest BCUT2D eigenvalue weighted by atomic mass is 16.5. The second kappa shape index (κ2) is 11.5. The Kier molecular flexibility index (Phi) is 7.95. The Hall–Kier alpha value is -3.90. The van der Waals surface area contributed by atoms with Crippen molar-refractivity contribution in [1.29, 1.82) is 0 Å². The van der Waals surface area contributed by atoms with E-state index in [0.29, 0.717) is 24.7 Å². The number of ether oxygens (including phenoxy) is 2. The molecule has 35 heavy (non-hydrogen) atoms. The number of carboxylic acids is 1. The summed E-state index contributed by atoms with van der Waals surface area (Å²) in [4.78, 5) is 15.4. The van der Waals surface area contributed by atoms with Gasteiger partial charge in [0.25, 0.3) is 0 Å². The second-order valence-electron chi connectivity index (χ2n) is 8.23. The summed E-state index contributed by atoms with van der Waals surface area (Å²) in [6.45, 7) is 4.15. The minimum atomic E-state index is -1.00. The van der Waals surface area contributed by atoms with Crippen molar-refractivity contribution in [2.45, 2.75) is 32.8 Å². The van der Waals surface area contributed by atoms with Gasteiger partial charge in [0, 0.05) is 12.0 Å². The van der Waals surface area contributed by atoms with Gasteiger partial charge < -0.3 is 19.0 Å². The van der Waals surface area contributed by atoms with Crippen LogP contribution in [0.15, 0.2) is 83.3 Å². The molecule has 0 saturated heterocycles. The molecule has 3 aromatic carbocycles. The summed E-state index contributed by atoms with van der Waals surface area (Å²) in [6, 6.07) is 25.8. The number of hydrogen-bond acceptors (Lipinski definition) is 5. The maximum absolute atomic E-state index is 10.6. The third kappa shape index (κ3) is 6.37. The van der Waals surface area contributed by atoms with Gasteiger partial charge in [-0.05, 0) is 54.3 Å². The van der Waals surface area contributed by atoms with Crippen molar-refractivity contribution in [2.24, 2.45) is 0 Å². The molecule has 0 bridgehead atoms. The van der Waals surface area contributed by atoms with Crippen LogP contribution in [0.4, 0.5) is 0 Å². The van der Waals surface area contributed by atoms with Crippen LogP contribution in [0, 0.1) is 6.92 Å². The number of aryl methyl sites for hydroxylation is 1. The molecule has 4 aromatic rings. The lowest BCUT2D eigenvalue weighted by atomic mass is 10.0. The van der Waals surface area contributed by atoms with E-state index in [1.165, 1.54) is 5.56 Å².